The quantitative estimate of drug-likeness (QED) is 0.635. The van der Waals surface area contributed by atoms with E-state index in [0.717, 1.165) is 0 Å². The van der Waals surface area contributed by atoms with E-state index in [2.05, 4.69) is 19.9 Å². The Morgan fingerprint density at radius 3 is 2.78 bits per heavy atom. The van der Waals surface area contributed by atoms with Gasteiger partial charge in [0.25, 0.3) is 5.89 Å². The molecule has 0 aliphatic heterocycles. The third kappa shape index (κ3) is 3.49. The maximum absolute atomic E-state index is 11.7. The molecule has 0 aliphatic rings. The SMILES string of the molecule is CC=N/C(=C\C)c1noc(-c2cc(C#N)cc(C(=O)OC)c2)n1. The summed E-state index contributed by atoms with van der Waals surface area (Å²) < 4.78 is 9.89. The Bertz CT molecular complexity index is 828. The van der Waals surface area contributed by atoms with Crippen LogP contribution in [-0.2, 0) is 4.74 Å². The third-order valence-corrected chi connectivity index (χ3v) is 2.93. The van der Waals surface area contributed by atoms with E-state index in [4.69, 9.17) is 9.78 Å². The van der Waals surface area contributed by atoms with Crippen LogP contribution in [0.1, 0.15) is 35.6 Å². The van der Waals surface area contributed by atoms with Crippen molar-refractivity contribution in [3.63, 3.8) is 0 Å². The number of aliphatic imine (C=N–C) groups is 1. The lowest BCUT2D eigenvalue weighted by atomic mass is 10.1. The van der Waals surface area contributed by atoms with Crippen molar-refractivity contribution < 1.29 is 14.1 Å². The minimum absolute atomic E-state index is 0.188. The molecule has 7 nitrogen and oxygen atoms in total. The van der Waals surface area contributed by atoms with E-state index in [9.17, 15) is 4.79 Å². The number of allylic oxidation sites excluding steroid dienone is 1. The molecule has 0 atom stereocenters. The van der Waals surface area contributed by atoms with Gasteiger partial charge >= 0.3 is 5.97 Å². The molecular weight excluding hydrogens is 296 g/mol. The van der Waals surface area contributed by atoms with E-state index < -0.39 is 5.97 Å². The van der Waals surface area contributed by atoms with Gasteiger partial charge in [0.05, 0.1) is 24.3 Å². The number of hydrogen-bond donors (Lipinski definition) is 0. The van der Waals surface area contributed by atoms with Crippen LogP contribution in [0.3, 0.4) is 0 Å². The molecule has 23 heavy (non-hydrogen) atoms. The fourth-order valence-electron chi connectivity index (χ4n) is 1.90. The van der Waals surface area contributed by atoms with E-state index in [1.165, 1.54) is 19.2 Å². The molecule has 0 saturated carbocycles. The van der Waals surface area contributed by atoms with Gasteiger partial charge in [-0.1, -0.05) is 11.2 Å². The van der Waals surface area contributed by atoms with Crippen molar-refractivity contribution >= 4 is 17.9 Å². The topological polar surface area (TPSA) is 101 Å². The van der Waals surface area contributed by atoms with Crippen LogP contribution in [0.5, 0.6) is 0 Å². The number of benzene rings is 1. The van der Waals surface area contributed by atoms with E-state index in [0.29, 0.717) is 22.6 Å². The first-order valence-electron chi connectivity index (χ1n) is 6.75. The van der Waals surface area contributed by atoms with Crippen LogP contribution in [0, 0.1) is 11.3 Å². The molecule has 1 aromatic carbocycles. The zero-order valence-corrected chi connectivity index (χ0v) is 12.9. The fourth-order valence-corrected chi connectivity index (χ4v) is 1.90. The Morgan fingerprint density at radius 1 is 1.39 bits per heavy atom. The molecule has 0 spiro atoms. The summed E-state index contributed by atoms with van der Waals surface area (Å²) >= 11 is 0. The molecular formula is C16H14N4O3. The molecule has 7 heteroatoms. The third-order valence-electron chi connectivity index (χ3n) is 2.93. The second-order valence-corrected chi connectivity index (χ2v) is 4.39. The molecule has 2 aromatic rings. The van der Waals surface area contributed by atoms with Crippen LogP contribution in [0.15, 0.2) is 33.8 Å². The van der Waals surface area contributed by atoms with Crippen LogP contribution in [0.4, 0.5) is 0 Å². The maximum Gasteiger partial charge on any atom is 0.337 e. The Balaban J connectivity index is 2.49. The maximum atomic E-state index is 11.7. The number of aromatic nitrogens is 2. The zero-order valence-electron chi connectivity index (χ0n) is 12.9. The lowest BCUT2D eigenvalue weighted by molar-refractivity contribution is 0.0600. The summed E-state index contributed by atoms with van der Waals surface area (Å²) in [4.78, 5) is 20.1. The number of carbonyl (C=O) groups excluding carboxylic acids is 1. The predicted octanol–water partition coefficient (Wildman–Crippen LogP) is 2.85. The second-order valence-electron chi connectivity index (χ2n) is 4.39. The molecule has 1 heterocycles. The van der Waals surface area contributed by atoms with Crippen LogP contribution in [-0.4, -0.2) is 29.4 Å². The van der Waals surface area contributed by atoms with Crippen LogP contribution in [0.25, 0.3) is 17.2 Å². The average Bonchev–Trinajstić information content (AvgIpc) is 3.08. The highest BCUT2D eigenvalue weighted by molar-refractivity contribution is 5.91. The van der Waals surface area contributed by atoms with Crippen molar-refractivity contribution in [2.24, 2.45) is 4.99 Å². The number of nitrogens with zero attached hydrogens (tertiary/aromatic N) is 4. The molecule has 0 aliphatic carbocycles. The van der Waals surface area contributed by atoms with Gasteiger partial charge in [0.15, 0.2) is 0 Å². The number of esters is 1. The van der Waals surface area contributed by atoms with Gasteiger partial charge in [0, 0.05) is 11.8 Å². The lowest BCUT2D eigenvalue weighted by Gasteiger charge is -2.02. The number of carbonyl (C=O) groups is 1. The van der Waals surface area contributed by atoms with E-state index in [1.54, 1.807) is 25.3 Å². The number of methoxy groups -OCH3 is 1. The molecule has 2 rings (SSSR count). The van der Waals surface area contributed by atoms with Gasteiger partial charge in [-0.25, -0.2) is 4.79 Å². The summed E-state index contributed by atoms with van der Waals surface area (Å²) in [5, 5.41) is 13.0. The Hall–Kier alpha value is -3.27. The summed E-state index contributed by atoms with van der Waals surface area (Å²) in [7, 11) is 1.27. The molecule has 0 saturated heterocycles. The van der Waals surface area contributed by atoms with Crippen molar-refractivity contribution in [3.8, 4) is 17.5 Å². The van der Waals surface area contributed by atoms with Gasteiger partial charge in [0.1, 0.15) is 5.70 Å². The number of hydrogen-bond acceptors (Lipinski definition) is 7. The summed E-state index contributed by atoms with van der Waals surface area (Å²) in [6.45, 7) is 3.59. The first-order valence-corrected chi connectivity index (χ1v) is 6.75. The Morgan fingerprint density at radius 2 is 2.17 bits per heavy atom. The summed E-state index contributed by atoms with van der Waals surface area (Å²) in [5.74, 6) is -0.0386. The van der Waals surface area contributed by atoms with Gasteiger partial charge in [-0.05, 0) is 32.0 Å². The molecule has 1 aromatic heterocycles. The smallest absolute Gasteiger partial charge is 0.337 e. The molecule has 0 amide bonds. The van der Waals surface area contributed by atoms with Gasteiger partial charge in [-0.2, -0.15) is 10.2 Å². The van der Waals surface area contributed by atoms with Crippen molar-refractivity contribution in [1.29, 1.82) is 5.26 Å². The Kier molecular flexibility index (Phi) is 5.00. The fraction of sp³-hybridized carbons (Fsp3) is 0.188. The van der Waals surface area contributed by atoms with Crippen LogP contribution < -0.4 is 0 Å². The highest BCUT2D eigenvalue weighted by Gasteiger charge is 2.15. The summed E-state index contributed by atoms with van der Waals surface area (Å²) in [6.07, 6.45) is 3.37. The van der Waals surface area contributed by atoms with Gasteiger partial charge in [0.2, 0.25) is 5.82 Å². The van der Waals surface area contributed by atoms with Gasteiger partial charge < -0.3 is 9.26 Å². The highest BCUT2D eigenvalue weighted by Crippen LogP contribution is 2.23. The largest absolute Gasteiger partial charge is 0.465 e. The van der Waals surface area contributed by atoms with Crippen molar-refractivity contribution in [3.05, 3.63) is 41.2 Å². The van der Waals surface area contributed by atoms with E-state index >= 15 is 0 Å². The summed E-state index contributed by atoms with van der Waals surface area (Å²) in [5.41, 5.74) is 1.55. The van der Waals surface area contributed by atoms with Gasteiger partial charge in [-0.15, -0.1) is 0 Å². The van der Waals surface area contributed by atoms with E-state index in [1.807, 2.05) is 13.0 Å². The molecule has 0 N–H and O–H groups in total. The monoisotopic (exact) mass is 310 g/mol. The average molecular weight is 310 g/mol. The zero-order chi connectivity index (χ0) is 16.8. The van der Waals surface area contributed by atoms with E-state index in [-0.39, 0.29) is 11.5 Å². The standard InChI is InChI=1S/C16H14N4O3/c1-4-13(18-5-2)14-19-15(23-20-14)11-6-10(9-17)7-12(8-11)16(21)22-3/h4-8H,1-3H3/b13-4-,18-5?. The summed E-state index contributed by atoms with van der Waals surface area (Å²) in [6, 6.07) is 6.51. The van der Waals surface area contributed by atoms with Crippen LogP contribution in [0.2, 0.25) is 0 Å². The minimum Gasteiger partial charge on any atom is -0.465 e. The molecule has 0 radical (unpaired) electrons. The first kappa shape index (κ1) is 16.1. The molecule has 0 unspecified atom stereocenters. The second kappa shape index (κ2) is 7.13. The molecule has 0 fully saturated rings. The minimum atomic E-state index is -0.548. The van der Waals surface area contributed by atoms with Crippen LogP contribution >= 0.6 is 0 Å². The van der Waals surface area contributed by atoms with Crippen molar-refractivity contribution in [2.45, 2.75) is 13.8 Å². The molecule has 0 bridgehead atoms. The Labute approximate surface area is 132 Å². The predicted molar refractivity (Wildman–Crippen MR) is 83.6 cm³/mol. The van der Waals surface area contributed by atoms with Crippen molar-refractivity contribution in [1.82, 2.24) is 10.1 Å². The van der Waals surface area contributed by atoms with Crippen molar-refractivity contribution in [2.75, 3.05) is 7.11 Å². The normalized spacial score (nSPS) is 11.5. The first-order chi connectivity index (χ1) is 11.1. The highest BCUT2D eigenvalue weighted by atomic mass is 16.5. The number of rotatable bonds is 4. The molecule has 116 valence electrons. The number of nitriles is 1. The van der Waals surface area contributed by atoms with Gasteiger partial charge in [-0.3, -0.25) is 4.99 Å². The number of ether oxygens (including phenoxy) is 1. The lowest BCUT2D eigenvalue weighted by Crippen LogP contribution is -2.02.